The van der Waals surface area contributed by atoms with Gasteiger partial charge in [-0.05, 0) is 58.4 Å². The Morgan fingerprint density at radius 3 is 2.76 bits per heavy atom. The molecule has 0 unspecified atom stereocenters. The van der Waals surface area contributed by atoms with Crippen LogP contribution in [0.15, 0.2) is 41.8 Å². The van der Waals surface area contributed by atoms with Crippen molar-refractivity contribution in [3.63, 3.8) is 0 Å². The minimum Gasteiger partial charge on any atom is -0.356 e. The number of nitrogens with zero attached hydrogens (tertiary/aromatic N) is 6. The van der Waals surface area contributed by atoms with E-state index < -0.39 is 0 Å². The molecule has 1 aliphatic rings. The predicted molar refractivity (Wildman–Crippen MR) is 114 cm³/mol. The van der Waals surface area contributed by atoms with Gasteiger partial charge in [-0.25, -0.2) is 14.7 Å². The summed E-state index contributed by atoms with van der Waals surface area (Å²) < 4.78 is 1.73. The highest BCUT2D eigenvalue weighted by molar-refractivity contribution is 5.88. The summed E-state index contributed by atoms with van der Waals surface area (Å²) in [7, 11) is 0. The molecule has 29 heavy (non-hydrogen) atoms. The Morgan fingerprint density at radius 2 is 2.14 bits per heavy atom. The van der Waals surface area contributed by atoms with Crippen molar-refractivity contribution in [3.8, 4) is 5.82 Å². The molecule has 1 saturated heterocycles. The zero-order valence-corrected chi connectivity index (χ0v) is 18.0. The van der Waals surface area contributed by atoms with Crippen LogP contribution >= 0.6 is 0 Å². The maximum absolute atomic E-state index is 12.8. The van der Waals surface area contributed by atoms with E-state index in [1.54, 1.807) is 17.1 Å². The Morgan fingerprint density at radius 1 is 1.34 bits per heavy atom. The molecule has 0 spiro atoms. The van der Waals surface area contributed by atoms with Crippen molar-refractivity contribution < 1.29 is 4.79 Å². The number of carbonyl (C=O) groups excluding carboxylic acids is 1. The summed E-state index contributed by atoms with van der Waals surface area (Å²) in [5.74, 6) is 1.65. The predicted octanol–water partition coefficient (Wildman–Crippen LogP) is 2.06. The van der Waals surface area contributed by atoms with E-state index in [1.165, 1.54) is 0 Å². The van der Waals surface area contributed by atoms with Crippen molar-refractivity contribution in [3.05, 3.63) is 42.4 Å². The fourth-order valence-corrected chi connectivity index (χ4v) is 3.99. The molecule has 3 heterocycles. The summed E-state index contributed by atoms with van der Waals surface area (Å²) >= 11 is 0. The molecule has 0 saturated carbocycles. The molecule has 8 nitrogen and oxygen atoms in total. The molecule has 156 valence electrons. The van der Waals surface area contributed by atoms with Crippen molar-refractivity contribution in [2.24, 2.45) is 4.99 Å². The second-order valence-electron chi connectivity index (χ2n) is 8.17. The van der Waals surface area contributed by atoms with Crippen LogP contribution in [0.2, 0.25) is 0 Å². The highest BCUT2D eigenvalue weighted by Gasteiger charge is 2.40. The largest absolute Gasteiger partial charge is 0.356 e. The first-order chi connectivity index (χ1) is 13.8. The number of pyridine rings is 1. The quantitative estimate of drug-likeness (QED) is 0.617. The van der Waals surface area contributed by atoms with Crippen molar-refractivity contribution in [1.82, 2.24) is 29.9 Å². The zero-order valence-electron chi connectivity index (χ0n) is 18.0. The third-order valence-corrected chi connectivity index (χ3v) is 4.94. The molecule has 1 fully saturated rings. The van der Waals surface area contributed by atoms with Gasteiger partial charge in [0.1, 0.15) is 0 Å². The van der Waals surface area contributed by atoms with Crippen molar-refractivity contribution >= 4 is 11.9 Å². The summed E-state index contributed by atoms with van der Waals surface area (Å²) in [6.45, 7) is 12.7. The van der Waals surface area contributed by atoms with Gasteiger partial charge in [0.15, 0.2) is 11.8 Å². The van der Waals surface area contributed by atoms with Crippen LogP contribution in [0.4, 0.5) is 0 Å². The maximum atomic E-state index is 12.8. The van der Waals surface area contributed by atoms with Gasteiger partial charge in [0.2, 0.25) is 5.91 Å². The second-order valence-corrected chi connectivity index (χ2v) is 8.17. The van der Waals surface area contributed by atoms with E-state index in [0.717, 1.165) is 30.4 Å². The van der Waals surface area contributed by atoms with Crippen molar-refractivity contribution in [2.75, 3.05) is 19.6 Å². The number of hydrogen-bond acceptors (Lipinski definition) is 4. The van der Waals surface area contributed by atoms with Crippen LogP contribution in [0.1, 0.15) is 40.2 Å². The zero-order chi connectivity index (χ0) is 21.0. The van der Waals surface area contributed by atoms with E-state index >= 15 is 0 Å². The van der Waals surface area contributed by atoms with Gasteiger partial charge in [0, 0.05) is 37.7 Å². The van der Waals surface area contributed by atoms with Crippen LogP contribution in [-0.2, 0) is 11.3 Å². The average Bonchev–Trinajstić information content (AvgIpc) is 3.18. The Balaban J connectivity index is 1.79. The Kier molecular flexibility index (Phi) is 6.20. The van der Waals surface area contributed by atoms with Crippen LogP contribution in [0.5, 0.6) is 0 Å². The molecule has 0 radical (unpaired) electrons. The van der Waals surface area contributed by atoms with Crippen LogP contribution in [-0.4, -0.2) is 67.6 Å². The lowest BCUT2D eigenvalue weighted by atomic mass is 9.96. The topological polar surface area (TPSA) is 78.6 Å². The number of aliphatic imine (C=N–C) groups is 1. The highest BCUT2D eigenvalue weighted by atomic mass is 16.2. The number of piperazine rings is 1. The molecule has 1 N–H and O–H groups in total. The highest BCUT2D eigenvalue weighted by Crippen LogP contribution is 2.24. The summed E-state index contributed by atoms with van der Waals surface area (Å²) in [6.07, 6.45) is 5.36. The molecule has 8 heteroatoms. The van der Waals surface area contributed by atoms with E-state index in [2.05, 4.69) is 48.0 Å². The van der Waals surface area contributed by atoms with Gasteiger partial charge in [-0.2, -0.15) is 5.10 Å². The monoisotopic (exact) mass is 397 g/mol. The fourth-order valence-electron chi connectivity index (χ4n) is 3.99. The van der Waals surface area contributed by atoms with Crippen LogP contribution < -0.4 is 5.32 Å². The number of hydrogen-bond donors (Lipinski definition) is 1. The molecule has 0 bridgehead atoms. The number of aromatic nitrogens is 3. The number of carbonyl (C=O) groups is 1. The Bertz CT molecular complexity index is 858. The fraction of sp³-hybridized carbons (Fsp3) is 0.524. The molecule has 3 rings (SSSR count). The van der Waals surface area contributed by atoms with Gasteiger partial charge in [-0.15, -0.1) is 0 Å². The van der Waals surface area contributed by atoms with E-state index in [0.29, 0.717) is 13.1 Å². The first-order valence-electron chi connectivity index (χ1n) is 10.1. The Labute approximate surface area is 172 Å². The molecule has 0 atom stereocenters. The van der Waals surface area contributed by atoms with Gasteiger partial charge in [0.25, 0.3) is 0 Å². The lowest BCUT2D eigenvalue weighted by molar-refractivity contribution is -0.145. The van der Waals surface area contributed by atoms with Crippen molar-refractivity contribution in [1.29, 1.82) is 0 Å². The van der Waals surface area contributed by atoms with E-state index in [9.17, 15) is 4.79 Å². The van der Waals surface area contributed by atoms with Gasteiger partial charge in [-0.3, -0.25) is 4.79 Å². The van der Waals surface area contributed by atoms with Crippen LogP contribution in [0.25, 0.3) is 5.82 Å². The lowest BCUT2D eigenvalue weighted by Gasteiger charge is -2.49. The minimum atomic E-state index is -0.260. The number of guanidine groups is 1. The number of rotatable bonds is 5. The molecule has 1 amide bonds. The van der Waals surface area contributed by atoms with Gasteiger partial charge in [0.05, 0.1) is 18.6 Å². The Hall–Kier alpha value is -2.90. The molecule has 2 aromatic heterocycles. The summed E-state index contributed by atoms with van der Waals surface area (Å²) in [6, 6.07) is 5.97. The second kappa shape index (κ2) is 8.63. The van der Waals surface area contributed by atoms with Crippen LogP contribution in [0, 0.1) is 0 Å². The van der Waals surface area contributed by atoms with Crippen LogP contribution in [0.3, 0.4) is 0 Å². The minimum absolute atomic E-state index is 0.131. The van der Waals surface area contributed by atoms with E-state index in [1.807, 2.05) is 36.2 Å². The smallest absolute Gasteiger partial charge is 0.242 e. The standard InChI is InChI=1S/C21H31N7O/c1-6-22-20(26-14-19(29)28(16(2)3)21(4,5)15-26)24-13-17-8-10-23-18(12-17)27-11-7-9-25-27/h7-12,16H,6,13-15H2,1-5H3,(H,22,24). The van der Waals surface area contributed by atoms with Gasteiger partial charge < -0.3 is 15.1 Å². The third-order valence-electron chi connectivity index (χ3n) is 4.94. The summed E-state index contributed by atoms with van der Waals surface area (Å²) in [5.41, 5.74) is 0.774. The van der Waals surface area contributed by atoms with Gasteiger partial charge in [-0.1, -0.05) is 0 Å². The molecular formula is C21H31N7O. The SMILES string of the molecule is CCNC(=NCc1ccnc(-n2cccn2)c1)N1CC(=O)N(C(C)C)C(C)(C)C1. The lowest BCUT2D eigenvalue weighted by Crippen LogP contribution is -2.66. The average molecular weight is 398 g/mol. The normalized spacial score (nSPS) is 17.2. The molecule has 0 aliphatic carbocycles. The number of nitrogens with one attached hydrogen (secondary N) is 1. The first-order valence-corrected chi connectivity index (χ1v) is 10.1. The summed E-state index contributed by atoms with van der Waals surface area (Å²) in [4.78, 5) is 26.0. The molecule has 2 aromatic rings. The molecule has 0 aromatic carbocycles. The van der Waals surface area contributed by atoms with E-state index in [-0.39, 0.29) is 17.5 Å². The third kappa shape index (κ3) is 4.75. The summed E-state index contributed by atoms with van der Waals surface area (Å²) in [5, 5.41) is 7.57. The first kappa shape index (κ1) is 20.8. The molecular weight excluding hydrogens is 366 g/mol. The van der Waals surface area contributed by atoms with Gasteiger partial charge >= 0.3 is 0 Å². The number of amides is 1. The molecule has 1 aliphatic heterocycles. The van der Waals surface area contributed by atoms with Crippen molar-refractivity contribution in [2.45, 2.75) is 52.7 Å². The maximum Gasteiger partial charge on any atom is 0.242 e. The van der Waals surface area contributed by atoms with E-state index in [4.69, 9.17) is 4.99 Å².